The number of hydrogen-bond donors (Lipinski definition) is 3. The normalized spacial score (nSPS) is 11.6. The molecule has 174 valence electrons. The third kappa shape index (κ3) is 6.56. The number of carbonyl (C=O) groups excluding carboxylic acids is 2. The van der Waals surface area contributed by atoms with E-state index >= 15 is 0 Å². The number of phenols is 1. The Kier molecular flexibility index (Phi) is 8.57. The van der Waals surface area contributed by atoms with Crippen LogP contribution in [0.3, 0.4) is 0 Å². The van der Waals surface area contributed by atoms with Gasteiger partial charge in [0.05, 0.1) is 25.8 Å². The van der Waals surface area contributed by atoms with Gasteiger partial charge in [-0.15, -0.1) is 6.58 Å². The summed E-state index contributed by atoms with van der Waals surface area (Å²) >= 11 is 0. The molecule has 2 amide bonds. The highest BCUT2D eigenvalue weighted by Crippen LogP contribution is 2.31. The van der Waals surface area contributed by atoms with Gasteiger partial charge in [0.1, 0.15) is 0 Å². The molecule has 7 heteroatoms. The van der Waals surface area contributed by atoms with Crippen LogP contribution in [0.5, 0.6) is 11.5 Å². The first-order chi connectivity index (χ1) is 16.5. The van der Waals surface area contributed by atoms with E-state index in [1.165, 1.54) is 13.3 Å². The van der Waals surface area contributed by atoms with Crippen molar-refractivity contribution >= 4 is 18.0 Å². The maximum Gasteiger partial charge on any atom is 0.251 e. The van der Waals surface area contributed by atoms with Gasteiger partial charge in [-0.1, -0.05) is 54.6 Å². The van der Waals surface area contributed by atoms with Crippen LogP contribution >= 0.6 is 0 Å². The van der Waals surface area contributed by atoms with Gasteiger partial charge in [-0.25, -0.2) is 5.43 Å². The summed E-state index contributed by atoms with van der Waals surface area (Å²) in [5, 5.41) is 17.2. The van der Waals surface area contributed by atoms with E-state index in [2.05, 4.69) is 22.4 Å². The smallest absolute Gasteiger partial charge is 0.251 e. The zero-order valence-electron chi connectivity index (χ0n) is 18.9. The largest absolute Gasteiger partial charge is 0.504 e. The Morgan fingerprint density at radius 2 is 1.76 bits per heavy atom. The van der Waals surface area contributed by atoms with E-state index in [1.54, 1.807) is 42.5 Å². The lowest BCUT2D eigenvalue weighted by molar-refractivity contribution is -0.121. The van der Waals surface area contributed by atoms with Crippen molar-refractivity contribution in [2.75, 3.05) is 7.11 Å². The number of carbonyl (C=O) groups is 2. The van der Waals surface area contributed by atoms with Crippen LogP contribution in [0.25, 0.3) is 0 Å². The molecule has 0 fully saturated rings. The van der Waals surface area contributed by atoms with Crippen molar-refractivity contribution in [3.05, 3.63) is 108 Å². The van der Waals surface area contributed by atoms with Crippen LogP contribution in [0.1, 0.15) is 39.5 Å². The summed E-state index contributed by atoms with van der Waals surface area (Å²) in [5.41, 5.74) is 5.10. The fourth-order valence-corrected chi connectivity index (χ4v) is 3.41. The number of allylic oxidation sites excluding steroid dienone is 1. The summed E-state index contributed by atoms with van der Waals surface area (Å²) in [6, 6.07) is 21.0. The Morgan fingerprint density at radius 1 is 1.09 bits per heavy atom. The molecule has 0 saturated carbocycles. The number of ether oxygens (including phenoxy) is 1. The average molecular weight is 458 g/mol. The number of phenolic OH excluding ortho intramolecular Hbond substituents is 1. The molecule has 0 aliphatic heterocycles. The van der Waals surface area contributed by atoms with E-state index in [0.29, 0.717) is 28.9 Å². The topological polar surface area (TPSA) is 100 Å². The van der Waals surface area contributed by atoms with E-state index in [-0.39, 0.29) is 24.0 Å². The van der Waals surface area contributed by atoms with E-state index in [4.69, 9.17) is 4.74 Å². The molecule has 3 aromatic carbocycles. The van der Waals surface area contributed by atoms with Gasteiger partial charge in [0.2, 0.25) is 5.91 Å². The van der Waals surface area contributed by atoms with Crippen LogP contribution in [-0.4, -0.2) is 30.2 Å². The maximum atomic E-state index is 12.7. The zero-order valence-corrected chi connectivity index (χ0v) is 18.9. The molecule has 3 N–H and O–H groups in total. The maximum absolute atomic E-state index is 12.7. The van der Waals surface area contributed by atoms with Gasteiger partial charge in [0.25, 0.3) is 5.91 Å². The molecule has 0 aliphatic carbocycles. The highest BCUT2D eigenvalue weighted by Gasteiger charge is 2.19. The number of amides is 2. The second-order valence-corrected chi connectivity index (χ2v) is 7.52. The van der Waals surface area contributed by atoms with Crippen LogP contribution in [0.2, 0.25) is 0 Å². The third-order valence-electron chi connectivity index (χ3n) is 5.10. The lowest BCUT2D eigenvalue weighted by Crippen LogP contribution is -2.32. The summed E-state index contributed by atoms with van der Waals surface area (Å²) in [6.45, 7) is 3.69. The molecule has 34 heavy (non-hydrogen) atoms. The van der Waals surface area contributed by atoms with Crippen molar-refractivity contribution in [1.29, 1.82) is 0 Å². The monoisotopic (exact) mass is 457 g/mol. The number of methoxy groups -OCH3 is 1. The second kappa shape index (κ2) is 12.0. The Balaban J connectivity index is 1.70. The first-order valence-electron chi connectivity index (χ1n) is 10.7. The van der Waals surface area contributed by atoms with Crippen LogP contribution in [0.4, 0.5) is 0 Å². The van der Waals surface area contributed by atoms with Gasteiger partial charge < -0.3 is 15.2 Å². The molecule has 0 unspecified atom stereocenters. The van der Waals surface area contributed by atoms with Gasteiger partial charge in [-0.3, -0.25) is 9.59 Å². The highest BCUT2D eigenvalue weighted by atomic mass is 16.5. The Morgan fingerprint density at radius 3 is 2.41 bits per heavy atom. The number of benzene rings is 3. The van der Waals surface area contributed by atoms with Gasteiger partial charge in [-0.05, 0) is 41.8 Å². The number of rotatable bonds is 10. The first kappa shape index (κ1) is 24.3. The zero-order chi connectivity index (χ0) is 24.3. The number of aromatic hydroxyl groups is 1. The van der Waals surface area contributed by atoms with E-state index in [1.807, 2.05) is 36.4 Å². The summed E-state index contributed by atoms with van der Waals surface area (Å²) in [4.78, 5) is 25.3. The predicted molar refractivity (Wildman–Crippen MR) is 132 cm³/mol. The van der Waals surface area contributed by atoms with Crippen LogP contribution in [0, 0.1) is 0 Å². The van der Waals surface area contributed by atoms with Crippen molar-refractivity contribution in [3.63, 3.8) is 0 Å². The first-order valence-corrected chi connectivity index (χ1v) is 10.7. The molecule has 3 aromatic rings. The molecule has 7 nitrogen and oxygen atoms in total. The summed E-state index contributed by atoms with van der Waals surface area (Å²) in [5.74, 6) is -0.282. The minimum Gasteiger partial charge on any atom is -0.504 e. The van der Waals surface area contributed by atoms with Crippen LogP contribution in [-0.2, 0) is 11.2 Å². The molecule has 0 spiro atoms. The van der Waals surface area contributed by atoms with Gasteiger partial charge in [0, 0.05) is 11.1 Å². The molecule has 0 radical (unpaired) electrons. The molecule has 0 aromatic heterocycles. The molecule has 1 atom stereocenters. The third-order valence-corrected chi connectivity index (χ3v) is 5.10. The van der Waals surface area contributed by atoms with Crippen molar-refractivity contribution in [2.24, 2.45) is 5.10 Å². The number of nitrogens with zero attached hydrogens (tertiary/aromatic N) is 1. The molecule has 0 bridgehead atoms. The minimum atomic E-state index is -0.530. The lowest BCUT2D eigenvalue weighted by Gasteiger charge is -2.18. The van der Waals surface area contributed by atoms with Crippen LogP contribution < -0.4 is 15.5 Å². The second-order valence-electron chi connectivity index (χ2n) is 7.52. The average Bonchev–Trinajstić information content (AvgIpc) is 2.86. The van der Waals surface area contributed by atoms with E-state index in [0.717, 1.165) is 5.56 Å². The van der Waals surface area contributed by atoms with Gasteiger partial charge in [0.15, 0.2) is 11.5 Å². The van der Waals surface area contributed by atoms with Crippen molar-refractivity contribution in [1.82, 2.24) is 10.7 Å². The van der Waals surface area contributed by atoms with Gasteiger partial charge >= 0.3 is 0 Å². The van der Waals surface area contributed by atoms with Gasteiger partial charge in [-0.2, -0.15) is 5.10 Å². The van der Waals surface area contributed by atoms with E-state index in [9.17, 15) is 14.7 Å². The number of nitrogens with one attached hydrogen (secondary N) is 2. The molecule has 0 heterocycles. The Labute approximate surface area is 198 Å². The van der Waals surface area contributed by atoms with Crippen molar-refractivity contribution in [3.8, 4) is 11.5 Å². The lowest BCUT2D eigenvalue weighted by atomic mass is 10.0. The molecule has 0 aliphatic rings. The quantitative estimate of drug-likeness (QED) is 0.242. The number of hydrogen-bond acceptors (Lipinski definition) is 5. The standard InChI is InChI=1S/C27H27N3O4/c1-3-10-22-15-19(16-24(34-2)26(22)32)18-28-30-25(31)17-23(20-11-6-4-7-12-20)29-27(33)21-13-8-5-9-14-21/h3-9,11-16,18,23,32H,1,10,17H2,2H3,(H,29,33)(H,30,31)/b28-18-/t23-/m0/s1. The molecule has 3 rings (SSSR count). The molecular weight excluding hydrogens is 430 g/mol. The predicted octanol–water partition coefficient (Wildman–Crippen LogP) is 4.14. The fourth-order valence-electron chi connectivity index (χ4n) is 3.41. The summed E-state index contributed by atoms with van der Waals surface area (Å²) in [7, 11) is 1.46. The Hall–Kier alpha value is -4.39. The highest BCUT2D eigenvalue weighted by molar-refractivity contribution is 5.94. The molecular formula is C27H27N3O4. The van der Waals surface area contributed by atoms with Crippen LogP contribution in [0.15, 0.2) is 90.6 Å². The summed E-state index contributed by atoms with van der Waals surface area (Å²) in [6.07, 6.45) is 3.59. The SMILES string of the molecule is C=CCc1cc(/C=N\NC(=O)C[C@H](NC(=O)c2ccccc2)c2ccccc2)cc(OC)c1O. The fraction of sp³-hybridized carbons (Fsp3) is 0.148. The van der Waals surface area contributed by atoms with E-state index < -0.39 is 6.04 Å². The van der Waals surface area contributed by atoms with Crippen molar-refractivity contribution in [2.45, 2.75) is 18.9 Å². The summed E-state index contributed by atoms with van der Waals surface area (Å²) < 4.78 is 5.20. The minimum absolute atomic E-state index is 0.000536. The molecule has 0 saturated heterocycles. The number of hydrazone groups is 1. The Bertz CT molecular complexity index is 1160. The van der Waals surface area contributed by atoms with Crippen molar-refractivity contribution < 1.29 is 19.4 Å².